The van der Waals surface area contributed by atoms with E-state index in [9.17, 15) is 4.79 Å². The van der Waals surface area contributed by atoms with E-state index >= 15 is 0 Å². The lowest BCUT2D eigenvalue weighted by atomic mass is 10.1. The van der Waals surface area contributed by atoms with Crippen LogP contribution < -0.4 is 5.32 Å². The monoisotopic (exact) mass is 460 g/mol. The number of hydrogen-bond donors (Lipinski definition) is 2. The van der Waals surface area contributed by atoms with E-state index in [1.54, 1.807) is 11.3 Å². The molecule has 1 amide bonds. The van der Waals surface area contributed by atoms with Crippen molar-refractivity contribution in [2.24, 2.45) is 5.92 Å². The summed E-state index contributed by atoms with van der Waals surface area (Å²) in [6, 6.07) is 7.93. The summed E-state index contributed by atoms with van der Waals surface area (Å²) in [7, 11) is 0. The predicted octanol–water partition coefficient (Wildman–Crippen LogP) is 4.03. The van der Waals surface area contributed by atoms with Gasteiger partial charge >= 0.3 is 0 Å². The van der Waals surface area contributed by atoms with Gasteiger partial charge in [-0.1, -0.05) is 33.3 Å². The number of rotatable bonds is 4. The summed E-state index contributed by atoms with van der Waals surface area (Å²) in [6.07, 6.45) is 1.92. The molecule has 1 unspecified atom stereocenters. The van der Waals surface area contributed by atoms with Gasteiger partial charge in [-0.15, -0.1) is 0 Å². The number of thiazole rings is 1. The molecule has 2 aromatic heterocycles. The van der Waals surface area contributed by atoms with Crippen molar-refractivity contribution >= 4 is 49.2 Å². The van der Waals surface area contributed by atoms with Crippen molar-refractivity contribution in [3.8, 4) is 0 Å². The Morgan fingerprint density at radius 1 is 1.43 bits per heavy atom. The molecular formula is C20H21BrN4O2S. The van der Waals surface area contributed by atoms with Crippen molar-refractivity contribution in [2.45, 2.75) is 19.4 Å². The average Bonchev–Trinajstić information content (AvgIpc) is 3.43. The SMILES string of the molecule is O=C(c1cc2ccc(Br)cc2[nH]1)N1CCc2nc(NCC3CCOC3)sc2C1. The van der Waals surface area contributed by atoms with Crippen LogP contribution >= 0.6 is 27.3 Å². The van der Waals surface area contributed by atoms with Gasteiger partial charge in [-0.2, -0.15) is 0 Å². The van der Waals surface area contributed by atoms with Crippen molar-refractivity contribution in [3.63, 3.8) is 0 Å². The van der Waals surface area contributed by atoms with Crippen LogP contribution in [0.4, 0.5) is 5.13 Å². The molecule has 6 nitrogen and oxygen atoms in total. The van der Waals surface area contributed by atoms with Gasteiger partial charge in [0.05, 0.1) is 18.8 Å². The summed E-state index contributed by atoms with van der Waals surface area (Å²) < 4.78 is 6.43. The standard InChI is InChI=1S/C20H21BrN4O2S/c21-14-2-1-13-7-17(23-16(13)8-14)19(26)25-5-3-15-18(10-25)28-20(24-15)22-9-12-4-6-27-11-12/h1-2,7-8,12,23H,3-6,9-11H2,(H,22,24). The normalized spacial score (nSPS) is 19.2. The number of nitrogens with zero attached hydrogens (tertiary/aromatic N) is 2. The molecule has 3 aromatic rings. The highest BCUT2D eigenvalue weighted by molar-refractivity contribution is 9.10. The van der Waals surface area contributed by atoms with Crippen molar-refractivity contribution in [1.29, 1.82) is 0 Å². The number of amides is 1. The molecule has 1 saturated heterocycles. The van der Waals surface area contributed by atoms with E-state index in [4.69, 9.17) is 9.72 Å². The predicted molar refractivity (Wildman–Crippen MR) is 114 cm³/mol. The van der Waals surface area contributed by atoms with Crippen molar-refractivity contribution in [2.75, 3.05) is 31.6 Å². The van der Waals surface area contributed by atoms with Gasteiger partial charge in [-0.3, -0.25) is 4.79 Å². The second-order valence-corrected chi connectivity index (χ2v) is 9.39. The Labute approximate surface area is 175 Å². The highest BCUT2D eigenvalue weighted by Crippen LogP contribution is 2.30. The fourth-order valence-corrected chi connectivity index (χ4v) is 5.20. The fourth-order valence-electron chi connectivity index (χ4n) is 3.81. The molecular weight excluding hydrogens is 440 g/mol. The maximum absolute atomic E-state index is 13.0. The average molecular weight is 461 g/mol. The Balaban J connectivity index is 1.28. The fraction of sp³-hybridized carbons (Fsp3) is 0.400. The van der Waals surface area contributed by atoms with E-state index in [2.05, 4.69) is 26.2 Å². The molecule has 8 heteroatoms. The van der Waals surface area contributed by atoms with Gasteiger partial charge in [0.2, 0.25) is 0 Å². The highest BCUT2D eigenvalue weighted by atomic mass is 79.9. The van der Waals surface area contributed by atoms with Crippen LogP contribution in [-0.2, 0) is 17.7 Å². The van der Waals surface area contributed by atoms with E-state index < -0.39 is 0 Å². The van der Waals surface area contributed by atoms with Gasteiger partial charge in [0.1, 0.15) is 5.69 Å². The molecule has 1 aromatic carbocycles. The van der Waals surface area contributed by atoms with Crippen LogP contribution in [0.3, 0.4) is 0 Å². The second-order valence-electron chi connectivity index (χ2n) is 7.39. The number of ether oxygens (including phenoxy) is 1. The van der Waals surface area contributed by atoms with Crippen LogP contribution in [-0.4, -0.2) is 47.1 Å². The van der Waals surface area contributed by atoms with E-state index in [0.29, 0.717) is 24.7 Å². The van der Waals surface area contributed by atoms with Crippen LogP contribution in [0.1, 0.15) is 27.5 Å². The number of fused-ring (bicyclic) bond motifs is 2. The molecule has 5 rings (SSSR count). The van der Waals surface area contributed by atoms with Crippen molar-refractivity contribution in [1.82, 2.24) is 14.9 Å². The number of halogens is 1. The number of carbonyl (C=O) groups is 1. The Kier molecular flexibility index (Phi) is 4.86. The topological polar surface area (TPSA) is 70.2 Å². The highest BCUT2D eigenvalue weighted by Gasteiger charge is 2.26. The minimum Gasteiger partial charge on any atom is -0.381 e. The van der Waals surface area contributed by atoms with Crippen LogP contribution in [0.25, 0.3) is 10.9 Å². The zero-order chi connectivity index (χ0) is 19.1. The molecule has 4 heterocycles. The van der Waals surface area contributed by atoms with E-state index in [0.717, 1.165) is 58.8 Å². The Hall–Kier alpha value is -1.90. The lowest BCUT2D eigenvalue weighted by Crippen LogP contribution is -2.35. The summed E-state index contributed by atoms with van der Waals surface area (Å²) in [5.41, 5.74) is 2.73. The Morgan fingerprint density at radius 2 is 2.36 bits per heavy atom. The first-order valence-electron chi connectivity index (χ1n) is 9.53. The van der Waals surface area contributed by atoms with E-state index in [1.165, 1.54) is 4.88 Å². The van der Waals surface area contributed by atoms with E-state index in [1.807, 2.05) is 29.2 Å². The lowest BCUT2D eigenvalue weighted by molar-refractivity contribution is 0.0731. The molecule has 0 bridgehead atoms. The first-order valence-corrected chi connectivity index (χ1v) is 11.1. The zero-order valence-corrected chi connectivity index (χ0v) is 17.7. The molecule has 2 N–H and O–H groups in total. The molecule has 0 saturated carbocycles. The molecule has 2 aliphatic heterocycles. The number of carbonyl (C=O) groups excluding carboxylic acids is 1. The van der Waals surface area contributed by atoms with Crippen LogP contribution in [0, 0.1) is 5.92 Å². The lowest BCUT2D eigenvalue weighted by Gasteiger charge is -2.25. The van der Waals surface area contributed by atoms with Gasteiger partial charge in [0.15, 0.2) is 5.13 Å². The number of aromatic nitrogens is 2. The number of benzene rings is 1. The maximum atomic E-state index is 13.0. The van der Waals surface area contributed by atoms with Gasteiger partial charge in [-0.05, 0) is 24.6 Å². The number of nitrogens with one attached hydrogen (secondary N) is 2. The maximum Gasteiger partial charge on any atom is 0.270 e. The molecule has 2 aliphatic rings. The second kappa shape index (κ2) is 7.50. The quantitative estimate of drug-likeness (QED) is 0.616. The van der Waals surface area contributed by atoms with Gasteiger partial charge in [-0.25, -0.2) is 4.98 Å². The van der Waals surface area contributed by atoms with Crippen LogP contribution in [0.15, 0.2) is 28.7 Å². The van der Waals surface area contributed by atoms with Crippen molar-refractivity contribution < 1.29 is 9.53 Å². The summed E-state index contributed by atoms with van der Waals surface area (Å²) >= 11 is 5.14. The van der Waals surface area contributed by atoms with Gasteiger partial charge in [0, 0.05) is 52.3 Å². The summed E-state index contributed by atoms with van der Waals surface area (Å²) in [5.74, 6) is 0.616. The molecule has 1 atom stereocenters. The van der Waals surface area contributed by atoms with Gasteiger partial charge in [0.25, 0.3) is 5.91 Å². The molecule has 0 aliphatic carbocycles. The Morgan fingerprint density at radius 3 is 3.21 bits per heavy atom. The van der Waals surface area contributed by atoms with Gasteiger partial charge < -0.3 is 19.9 Å². The zero-order valence-electron chi connectivity index (χ0n) is 15.3. The summed E-state index contributed by atoms with van der Waals surface area (Å²) in [5, 5.41) is 5.46. The molecule has 0 radical (unpaired) electrons. The molecule has 146 valence electrons. The number of hydrogen-bond acceptors (Lipinski definition) is 5. The smallest absolute Gasteiger partial charge is 0.270 e. The molecule has 1 fully saturated rings. The number of aromatic amines is 1. The third-order valence-electron chi connectivity index (χ3n) is 5.40. The van der Waals surface area contributed by atoms with E-state index in [-0.39, 0.29) is 5.91 Å². The first-order chi connectivity index (χ1) is 13.7. The summed E-state index contributed by atoms with van der Waals surface area (Å²) in [6.45, 7) is 3.92. The molecule has 28 heavy (non-hydrogen) atoms. The third-order valence-corrected chi connectivity index (χ3v) is 6.93. The largest absolute Gasteiger partial charge is 0.381 e. The third kappa shape index (κ3) is 3.56. The molecule has 0 spiro atoms. The first kappa shape index (κ1) is 18.1. The van der Waals surface area contributed by atoms with Crippen LogP contribution in [0.2, 0.25) is 0 Å². The minimum absolute atomic E-state index is 0.0454. The minimum atomic E-state index is 0.0454. The Bertz CT molecular complexity index is 1020. The number of H-pyrrole nitrogens is 1. The number of anilines is 1. The van der Waals surface area contributed by atoms with Crippen molar-refractivity contribution in [3.05, 3.63) is 45.0 Å². The van der Waals surface area contributed by atoms with Crippen LogP contribution in [0.5, 0.6) is 0 Å². The summed E-state index contributed by atoms with van der Waals surface area (Å²) in [4.78, 5) is 24.1.